The molecule has 6 nitrogen and oxygen atoms in total. The molecule has 2 N–H and O–H groups in total. The molecule has 7 heteroatoms. The van der Waals surface area contributed by atoms with Gasteiger partial charge < -0.3 is 20.3 Å². The van der Waals surface area contributed by atoms with E-state index in [-0.39, 0.29) is 35.3 Å². The molecule has 1 aliphatic rings. The first-order chi connectivity index (χ1) is 13.9. The Kier molecular flexibility index (Phi) is 11.1. The number of hydrogen-bond acceptors (Lipinski definition) is 3. The summed E-state index contributed by atoms with van der Waals surface area (Å²) >= 11 is 0. The van der Waals surface area contributed by atoms with Crippen molar-refractivity contribution >= 4 is 35.8 Å². The van der Waals surface area contributed by atoms with Crippen LogP contribution in [0.3, 0.4) is 0 Å². The Morgan fingerprint density at radius 1 is 1.27 bits per heavy atom. The maximum absolute atomic E-state index is 12.1. The van der Waals surface area contributed by atoms with Crippen LogP contribution in [0.4, 0.5) is 0 Å². The molecule has 0 aromatic heterocycles. The van der Waals surface area contributed by atoms with Crippen LogP contribution in [0.5, 0.6) is 0 Å². The van der Waals surface area contributed by atoms with E-state index in [9.17, 15) is 4.79 Å². The molecule has 30 heavy (non-hydrogen) atoms. The fourth-order valence-electron chi connectivity index (χ4n) is 4.39. The van der Waals surface area contributed by atoms with Crippen molar-refractivity contribution in [2.45, 2.75) is 58.6 Å². The van der Waals surface area contributed by atoms with Crippen molar-refractivity contribution in [1.82, 2.24) is 15.5 Å². The van der Waals surface area contributed by atoms with E-state index in [2.05, 4.69) is 42.5 Å². The van der Waals surface area contributed by atoms with Gasteiger partial charge in [-0.2, -0.15) is 0 Å². The number of nitrogens with one attached hydrogen (secondary N) is 2. The van der Waals surface area contributed by atoms with Crippen LogP contribution in [-0.4, -0.2) is 63.2 Å². The predicted octanol–water partition coefficient (Wildman–Crippen LogP) is 3.70. The second-order valence-electron chi connectivity index (χ2n) is 7.97. The van der Waals surface area contributed by atoms with Crippen molar-refractivity contribution in [2.75, 3.05) is 34.3 Å². The molecule has 1 saturated carbocycles. The highest BCUT2D eigenvalue weighted by Gasteiger charge is 2.53. The van der Waals surface area contributed by atoms with Crippen LogP contribution in [0, 0.1) is 5.41 Å². The fraction of sp³-hybridized carbons (Fsp3) is 0.652. The Bertz CT molecular complexity index is 704. The number of guanidine groups is 1. The molecule has 2 unspecified atom stereocenters. The zero-order valence-electron chi connectivity index (χ0n) is 19.3. The van der Waals surface area contributed by atoms with Gasteiger partial charge in [-0.3, -0.25) is 9.79 Å². The highest BCUT2D eigenvalue weighted by Crippen LogP contribution is 2.48. The van der Waals surface area contributed by atoms with E-state index in [1.54, 1.807) is 19.0 Å². The van der Waals surface area contributed by atoms with Gasteiger partial charge in [-0.25, -0.2) is 0 Å². The number of hydrogen-bond donors (Lipinski definition) is 2. The van der Waals surface area contributed by atoms with E-state index in [0.717, 1.165) is 55.9 Å². The molecular formula is C23H39IN4O2. The SMILES string of the molecule is CCOC1CC(NC(=NC)NCCc2cccc(C(=O)N(C)C)c2)C1(CC)CC.I. The Balaban J connectivity index is 0.00000450. The summed E-state index contributed by atoms with van der Waals surface area (Å²) in [6.07, 6.45) is 4.36. The molecule has 0 aliphatic heterocycles. The van der Waals surface area contributed by atoms with Gasteiger partial charge >= 0.3 is 0 Å². The zero-order valence-corrected chi connectivity index (χ0v) is 21.7. The van der Waals surface area contributed by atoms with Crippen molar-refractivity contribution in [2.24, 2.45) is 10.4 Å². The first-order valence-electron chi connectivity index (χ1n) is 10.8. The van der Waals surface area contributed by atoms with Crippen molar-refractivity contribution in [3.05, 3.63) is 35.4 Å². The van der Waals surface area contributed by atoms with Gasteiger partial charge in [0.25, 0.3) is 5.91 Å². The first kappa shape index (κ1) is 26.7. The number of halogens is 1. The predicted molar refractivity (Wildman–Crippen MR) is 135 cm³/mol. The molecule has 0 spiro atoms. The lowest BCUT2D eigenvalue weighted by molar-refractivity contribution is -0.133. The van der Waals surface area contributed by atoms with Crippen LogP contribution in [0.1, 0.15) is 56.0 Å². The summed E-state index contributed by atoms with van der Waals surface area (Å²) in [4.78, 5) is 18.2. The minimum atomic E-state index is 0. The quantitative estimate of drug-likeness (QED) is 0.291. The highest BCUT2D eigenvalue weighted by atomic mass is 127. The number of ether oxygens (including phenoxy) is 1. The molecule has 1 aromatic carbocycles. The average molecular weight is 530 g/mol. The summed E-state index contributed by atoms with van der Waals surface area (Å²) in [6, 6.07) is 8.21. The third-order valence-corrected chi connectivity index (χ3v) is 6.29. The van der Waals surface area contributed by atoms with Crippen molar-refractivity contribution < 1.29 is 9.53 Å². The van der Waals surface area contributed by atoms with E-state index in [0.29, 0.717) is 12.1 Å². The number of rotatable bonds is 9. The van der Waals surface area contributed by atoms with E-state index in [1.807, 2.05) is 25.2 Å². The van der Waals surface area contributed by atoms with Crippen molar-refractivity contribution in [3.63, 3.8) is 0 Å². The van der Waals surface area contributed by atoms with Gasteiger partial charge in [0.2, 0.25) is 0 Å². The van der Waals surface area contributed by atoms with E-state index < -0.39 is 0 Å². The van der Waals surface area contributed by atoms with Crippen LogP contribution in [-0.2, 0) is 11.2 Å². The normalized spacial score (nSPS) is 20.0. The number of nitrogens with zero attached hydrogens (tertiary/aromatic N) is 2. The maximum atomic E-state index is 12.1. The lowest BCUT2D eigenvalue weighted by atomic mass is 9.58. The van der Waals surface area contributed by atoms with E-state index in [4.69, 9.17) is 4.74 Å². The van der Waals surface area contributed by atoms with E-state index in [1.165, 1.54) is 0 Å². The van der Waals surface area contributed by atoms with Gasteiger partial charge in [0, 0.05) is 51.3 Å². The summed E-state index contributed by atoms with van der Waals surface area (Å²) in [7, 11) is 5.36. The Morgan fingerprint density at radius 3 is 2.53 bits per heavy atom. The molecule has 1 aromatic rings. The molecule has 0 heterocycles. The number of carbonyl (C=O) groups excluding carboxylic acids is 1. The lowest BCUT2D eigenvalue weighted by Gasteiger charge is -2.55. The van der Waals surface area contributed by atoms with Gasteiger partial charge in [-0.05, 0) is 50.3 Å². The van der Waals surface area contributed by atoms with Crippen LogP contribution in [0.25, 0.3) is 0 Å². The van der Waals surface area contributed by atoms with Gasteiger partial charge in [0.05, 0.1) is 6.10 Å². The number of aliphatic imine (C=N–C) groups is 1. The highest BCUT2D eigenvalue weighted by molar-refractivity contribution is 14.0. The van der Waals surface area contributed by atoms with Crippen LogP contribution >= 0.6 is 24.0 Å². The smallest absolute Gasteiger partial charge is 0.253 e. The fourth-order valence-corrected chi connectivity index (χ4v) is 4.39. The number of amides is 1. The Morgan fingerprint density at radius 2 is 1.97 bits per heavy atom. The Hall–Kier alpha value is -1.35. The molecule has 1 fully saturated rings. The van der Waals surface area contributed by atoms with Gasteiger partial charge in [0.15, 0.2) is 5.96 Å². The first-order valence-corrected chi connectivity index (χ1v) is 10.8. The number of benzene rings is 1. The van der Waals surface area contributed by atoms with Crippen LogP contribution < -0.4 is 10.6 Å². The van der Waals surface area contributed by atoms with Crippen molar-refractivity contribution in [1.29, 1.82) is 0 Å². The second kappa shape index (κ2) is 12.5. The van der Waals surface area contributed by atoms with Crippen LogP contribution in [0.2, 0.25) is 0 Å². The largest absolute Gasteiger partial charge is 0.378 e. The summed E-state index contributed by atoms with van der Waals surface area (Å²) in [5, 5.41) is 7.04. The van der Waals surface area contributed by atoms with E-state index >= 15 is 0 Å². The molecule has 0 saturated heterocycles. The summed E-state index contributed by atoms with van der Waals surface area (Å²) in [5.41, 5.74) is 2.04. The van der Waals surface area contributed by atoms with Crippen LogP contribution in [0.15, 0.2) is 29.3 Å². The monoisotopic (exact) mass is 530 g/mol. The van der Waals surface area contributed by atoms with Gasteiger partial charge in [0.1, 0.15) is 0 Å². The molecule has 170 valence electrons. The minimum Gasteiger partial charge on any atom is -0.378 e. The van der Waals surface area contributed by atoms with Gasteiger partial charge in [-0.1, -0.05) is 26.0 Å². The van der Waals surface area contributed by atoms with Crippen molar-refractivity contribution in [3.8, 4) is 0 Å². The molecular weight excluding hydrogens is 491 g/mol. The third kappa shape index (κ3) is 6.09. The summed E-state index contributed by atoms with van der Waals surface area (Å²) < 4.78 is 5.98. The second-order valence-corrected chi connectivity index (χ2v) is 7.97. The molecule has 0 radical (unpaired) electrons. The Labute approximate surface area is 199 Å². The standard InChI is InChI=1S/C23H38N4O2.HI/c1-7-23(8-2)19(16-20(23)29-9-3)26-22(24-4)25-14-13-17-11-10-12-18(15-17)21(28)27(5)6;/h10-12,15,19-20H,7-9,13-14,16H2,1-6H3,(H2,24,25,26);1H. The summed E-state index contributed by atoms with van der Waals surface area (Å²) in [6.45, 7) is 8.09. The minimum absolute atomic E-state index is 0. The lowest BCUT2D eigenvalue weighted by Crippen LogP contribution is -2.65. The molecule has 0 bridgehead atoms. The zero-order chi connectivity index (χ0) is 21.4. The molecule has 1 aliphatic carbocycles. The summed E-state index contributed by atoms with van der Waals surface area (Å²) in [5.74, 6) is 0.860. The maximum Gasteiger partial charge on any atom is 0.253 e. The van der Waals surface area contributed by atoms with Gasteiger partial charge in [-0.15, -0.1) is 24.0 Å². The molecule has 1 amide bonds. The number of carbonyl (C=O) groups is 1. The molecule has 2 atom stereocenters. The third-order valence-electron chi connectivity index (χ3n) is 6.29. The molecule has 2 rings (SSSR count). The average Bonchev–Trinajstić information content (AvgIpc) is 2.72. The topological polar surface area (TPSA) is 66.0 Å².